The molecule has 24 heavy (non-hydrogen) atoms. The highest BCUT2D eigenvalue weighted by molar-refractivity contribution is 6.99. The lowest BCUT2D eigenvalue weighted by Gasteiger charge is -2.43. The molecule has 0 bridgehead atoms. The van der Waals surface area contributed by atoms with Crippen molar-refractivity contribution in [2.45, 2.75) is 45.6 Å². The van der Waals surface area contributed by atoms with E-state index in [2.05, 4.69) is 94.9 Å². The quantitative estimate of drug-likeness (QED) is 0.514. The average molecular weight is 339 g/mol. The van der Waals surface area contributed by atoms with Crippen molar-refractivity contribution in [3.8, 4) is 0 Å². The molecular weight excluding hydrogens is 308 g/mol. The number of hydrogen-bond donors (Lipinski definition) is 0. The summed E-state index contributed by atoms with van der Waals surface area (Å²) in [6.45, 7) is 14.0. The van der Waals surface area contributed by atoms with Gasteiger partial charge in [-0.2, -0.15) is 0 Å². The van der Waals surface area contributed by atoms with Crippen molar-refractivity contribution in [1.82, 2.24) is 0 Å². The summed E-state index contributed by atoms with van der Waals surface area (Å²) in [5.74, 6) is 0. The lowest BCUT2D eigenvalue weighted by Crippen LogP contribution is -2.66. The van der Waals surface area contributed by atoms with Crippen LogP contribution in [0.15, 0.2) is 72.8 Å². The van der Waals surface area contributed by atoms with E-state index in [1.54, 1.807) is 0 Å². The second-order valence-corrected chi connectivity index (χ2v) is 11.7. The molecule has 0 aromatic heterocycles. The van der Waals surface area contributed by atoms with Crippen molar-refractivity contribution in [3.63, 3.8) is 0 Å². The van der Waals surface area contributed by atoms with Crippen molar-refractivity contribution in [1.29, 1.82) is 0 Å². The Bertz CT molecular complexity index is 601. The second kappa shape index (κ2) is 7.95. The fourth-order valence-electron chi connectivity index (χ4n) is 3.29. The minimum Gasteiger partial charge on any atom is -0.407 e. The zero-order chi connectivity index (χ0) is 17.6. The Kier molecular flexibility index (Phi) is 6.19. The summed E-state index contributed by atoms with van der Waals surface area (Å²) in [5, 5.41) is 2.72. The van der Waals surface area contributed by atoms with Gasteiger partial charge in [0.05, 0.1) is 0 Å². The van der Waals surface area contributed by atoms with Gasteiger partial charge in [-0.15, -0.1) is 0 Å². The first-order valence-electron chi connectivity index (χ1n) is 8.83. The monoisotopic (exact) mass is 338 g/mol. The molecule has 0 fully saturated rings. The third-order valence-corrected chi connectivity index (χ3v) is 9.73. The van der Waals surface area contributed by atoms with Crippen LogP contribution in [0.1, 0.15) is 40.5 Å². The minimum absolute atomic E-state index is 0.0449. The van der Waals surface area contributed by atoms with Gasteiger partial charge in [-0.25, -0.2) is 0 Å². The van der Waals surface area contributed by atoms with Crippen LogP contribution in [0.5, 0.6) is 0 Å². The van der Waals surface area contributed by atoms with E-state index in [1.807, 2.05) is 0 Å². The Morgan fingerprint density at radius 3 is 1.75 bits per heavy atom. The van der Waals surface area contributed by atoms with Gasteiger partial charge in [-0.3, -0.25) is 0 Å². The van der Waals surface area contributed by atoms with Gasteiger partial charge in [0.1, 0.15) is 0 Å². The molecular formula is C22H30OSi. The van der Waals surface area contributed by atoms with Crippen LogP contribution in [0.2, 0.25) is 5.04 Å². The highest BCUT2D eigenvalue weighted by Crippen LogP contribution is 2.36. The van der Waals surface area contributed by atoms with Crippen molar-refractivity contribution in [2.24, 2.45) is 0 Å². The lowest BCUT2D eigenvalue weighted by atomic mass is 10.2. The zero-order valence-corrected chi connectivity index (χ0v) is 16.5. The Balaban J connectivity index is 2.51. The van der Waals surface area contributed by atoms with Gasteiger partial charge < -0.3 is 4.43 Å². The molecule has 0 aliphatic rings. The van der Waals surface area contributed by atoms with Gasteiger partial charge in [-0.1, -0.05) is 101 Å². The predicted molar refractivity (Wildman–Crippen MR) is 108 cm³/mol. The van der Waals surface area contributed by atoms with Gasteiger partial charge in [0.15, 0.2) is 0 Å². The first-order chi connectivity index (χ1) is 11.4. The fraction of sp³-hybridized carbons (Fsp3) is 0.364. The van der Waals surface area contributed by atoms with Crippen LogP contribution in [-0.2, 0) is 4.43 Å². The summed E-state index contributed by atoms with van der Waals surface area (Å²) in [5.41, 5.74) is 1.26. The van der Waals surface area contributed by atoms with E-state index in [1.165, 1.54) is 15.9 Å². The summed E-state index contributed by atoms with van der Waals surface area (Å²) in [6.07, 6.45) is 1.95. The molecule has 0 saturated heterocycles. The van der Waals surface area contributed by atoms with E-state index in [4.69, 9.17) is 4.43 Å². The molecule has 2 aromatic rings. The molecule has 2 rings (SSSR count). The summed E-state index contributed by atoms with van der Waals surface area (Å²) in [7, 11) is -2.37. The van der Waals surface area contributed by atoms with Crippen LogP contribution in [0.4, 0.5) is 0 Å². The van der Waals surface area contributed by atoms with Crippen molar-refractivity contribution < 1.29 is 4.43 Å². The molecule has 0 radical (unpaired) electrons. The maximum atomic E-state index is 6.82. The second-order valence-electron chi connectivity index (χ2n) is 7.37. The largest absolute Gasteiger partial charge is 0.407 e. The van der Waals surface area contributed by atoms with Crippen molar-refractivity contribution >= 4 is 18.7 Å². The summed E-state index contributed by atoms with van der Waals surface area (Å²) in [6, 6.07) is 21.6. The van der Waals surface area contributed by atoms with E-state index in [0.29, 0.717) is 0 Å². The SMILES string of the molecule is C=C(CC)CCO[Si](c1ccccc1)(c1ccccc1)C(C)(C)C. The first-order valence-corrected chi connectivity index (χ1v) is 10.7. The molecule has 2 aromatic carbocycles. The molecule has 2 heteroatoms. The maximum absolute atomic E-state index is 6.82. The average Bonchev–Trinajstić information content (AvgIpc) is 2.59. The van der Waals surface area contributed by atoms with E-state index in [-0.39, 0.29) is 5.04 Å². The van der Waals surface area contributed by atoms with Crippen LogP contribution >= 0.6 is 0 Å². The van der Waals surface area contributed by atoms with Crippen LogP contribution in [-0.4, -0.2) is 14.9 Å². The van der Waals surface area contributed by atoms with Crippen LogP contribution < -0.4 is 10.4 Å². The minimum atomic E-state index is -2.37. The van der Waals surface area contributed by atoms with Crippen LogP contribution in [0.3, 0.4) is 0 Å². The molecule has 0 aliphatic carbocycles. The lowest BCUT2D eigenvalue weighted by molar-refractivity contribution is 0.300. The Hall–Kier alpha value is -1.64. The molecule has 0 aliphatic heterocycles. The molecule has 0 N–H and O–H groups in total. The zero-order valence-electron chi connectivity index (χ0n) is 15.5. The normalized spacial score (nSPS) is 12.2. The highest BCUT2D eigenvalue weighted by atomic mass is 28.4. The molecule has 0 heterocycles. The van der Waals surface area contributed by atoms with E-state index in [9.17, 15) is 0 Å². The molecule has 0 atom stereocenters. The van der Waals surface area contributed by atoms with E-state index < -0.39 is 8.32 Å². The van der Waals surface area contributed by atoms with Gasteiger partial charge in [0.25, 0.3) is 8.32 Å². The molecule has 0 unspecified atom stereocenters. The van der Waals surface area contributed by atoms with Gasteiger partial charge in [0, 0.05) is 6.61 Å². The summed E-state index contributed by atoms with van der Waals surface area (Å²) >= 11 is 0. The van der Waals surface area contributed by atoms with Crippen molar-refractivity contribution in [3.05, 3.63) is 72.8 Å². The first kappa shape index (κ1) is 18.7. The third kappa shape index (κ3) is 3.88. The number of hydrogen-bond acceptors (Lipinski definition) is 1. The molecule has 0 spiro atoms. The topological polar surface area (TPSA) is 9.23 Å². The summed E-state index contributed by atoms with van der Waals surface area (Å²) in [4.78, 5) is 0. The molecule has 0 saturated carbocycles. The van der Waals surface area contributed by atoms with E-state index >= 15 is 0 Å². The Labute approximate surface area is 148 Å². The molecule has 0 amide bonds. The molecule has 128 valence electrons. The third-order valence-electron chi connectivity index (χ3n) is 4.69. The van der Waals surface area contributed by atoms with Crippen LogP contribution in [0.25, 0.3) is 0 Å². The number of rotatable bonds is 7. The smallest absolute Gasteiger partial charge is 0.261 e. The Morgan fingerprint density at radius 1 is 0.917 bits per heavy atom. The van der Waals surface area contributed by atoms with Gasteiger partial charge in [0.2, 0.25) is 0 Å². The van der Waals surface area contributed by atoms with E-state index in [0.717, 1.165) is 19.4 Å². The maximum Gasteiger partial charge on any atom is 0.261 e. The van der Waals surface area contributed by atoms with Crippen molar-refractivity contribution in [2.75, 3.05) is 6.61 Å². The standard InChI is InChI=1S/C22H30OSi/c1-6-19(2)17-18-23-24(22(3,4)5,20-13-9-7-10-14-20)21-15-11-8-12-16-21/h7-16H,2,6,17-18H2,1,3-5H3. The predicted octanol–water partition coefficient (Wildman–Crippen LogP) is 4.92. The summed E-state index contributed by atoms with van der Waals surface area (Å²) < 4.78 is 6.82. The van der Waals surface area contributed by atoms with Gasteiger partial charge in [-0.05, 0) is 28.3 Å². The fourth-order valence-corrected chi connectivity index (χ4v) is 7.85. The number of benzene rings is 2. The highest BCUT2D eigenvalue weighted by Gasteiger charge is 2.49. The molecule has 1 nitrogen and oxygen atoms in total. The van der Waals surface area contributed by atoms with Gasteiger partial charge >= 0.3 is 0 Å². The van der Waals surface area contributed by atoms with Crippen LogP contribution in [0, 0.1) is 0 Å². The Morgan fingerprint density at radius 2 is 1.38 bits per heavy atom.